The number of halogens is 1. The highest BCUT2D eigenvalue weighted by Crippen LogP contribution is 2.43. The molecular formula is C20H20FN3O3. The van der Waals surface area contributed by atoms with Crippen LogP contribution in [0.1, 0.15) is 5.69 Å². The number of oxazole rings is 1. The van der Waals surface area contributed by atoms with Crippen LogP contribution in [0, 0.1) is 17.7 Å². The van der Waals surface area contributed by atoms with Gasteiger partial charge in [0.1, 0.15) is 12.1 Å². The van der Waals surface area contributed by atoms with Gasteiger partial charge in [0.15, 0.2) is 0 Å². The molecule has 2 aromatic rings. The van der Waals surface area contributed by atoms with E-state index in [1.165, 1.54) is 12.1 Å². The Kier molecular flexibility index (Phi) is 3.97. The molecule has 1 N–H and O–H groups in total. The lowest BCUT2D eigenvalue weighted by atomic mass is 9.86. The van der Waals surface area contributed by atoms with Crippen LogP contribution in [0.2, 0.25) is 0 Å². The number of hydrogen-bond acceptors (Lipinski definition) is 4. The van der Waals surface area contributed by atoms with Crippen molar-refractivity contribution in [2.45, 2.75) is 18.6 Å². The van der Waals surface area contributed by atoms with Gasteiger partial charge in [-0.1, -0.05) is 12.2 Å². The van der Waals surface area contributed by atoms with Crippen molar-refractivity contribution in [1.82, 2.24) is 15.2 Å². The number of hydrogen-bond donors (Lipinski definition) is 1. The molecule has 4 atom stereocenters. The molecule has 5 rings (SSSR count). The SMILES string of the molecule is O=C(NCCc1coc(-c2ccc(F)cc2)n1)N1CC2C3C=CC(O3)C2C1. The number of benzene rings is 1. The summed E-state index contributed by atoms with van der Waals surface area (Å²) in [4.78, 5) is 18.7. The monoisotopic (exact) mass is 369 g/mol. The molecule has 140 valence electrons. The molecule has 4 heterocycles. The molecule has 4 unspecified atom stereocenters. The average molecular weight is 369 g/mol. The molecular weight excluding hydrogens is 349 g/mol. The third-order valence-corrected chi connectivity index (χ3v) is 5.65. The normalized spacial score (nSPS) is 28.0. The smallest absolute Gasteiger partial charge is 0.317 e. The van der Waals surface area contributed by atoms with E-state index < -0.39 is 0 Å². The number of nitrogens with zero attached hydrogens (tertiary/aromatic N) is 2. The van der Waals surface area contributed by atoms with Crippen molar-refractivity contribution in [2.24, 2.45) is 11.8 Å². The number of amides is 2. The minimum Gasteiger partial charge on any atom is -0.444 e. The molecule has 6 nitrogen and oxygen atoms in total. The molecule has 0 spiro atoms. The lowest BCUT2D eigenvalue weighted by Crippen LogP contribution is -2.40. The van der Waals surface area contributed by atoms with E-state index in [1.54, 1.807) is 18.4 Å². The summed E-state index contributed by atoms with van der Waals surface area (Å²) in [5, 5.41) is 2.96. The second-order valence-corrected chi connectivity index (χ2v) is 7.32. The summed E-state index contributed by atoms with van der Waals surface area (Å²) < 4.78 is 24.3. The van der Waals surface area contributed by atoms with Crippen molar-refractivity contribution < 1.29 is 18.3 Å². The summed E-state index contributed by atoms with van der Waals surface area (Å²) >= 11 is 0. The van der Waals surface area contributed by atoms with Crippen molar-refractivity contribution in [3.63, 3.8) is 0 Å². The maximum absolute atomic E-state index is 13.0. The lowest BCUT2D eigenvalue weighted by Gasteiger charge is -2.19. The number of fused-ring (bicyclic) bond motifs is 5. The number of rotatable bonds is 4. The Bertz CT molecular complexity index is 859. The first-order chi connectivity index (χ1) is 13.2. The predicted octanol–water partition coefficient (Wildman–Crippen LogP) is 2.62. The number of urea groups is 1. The number of likely N-dealkylation sites (tertiary alicyclic amines) is 1. The molecule has 0 radical (unpaired) electrons. The molecule has 2 bridgehead atoms. The molecule has 3 aliphatic heterocycles. The number of carbonyl (C=O) groups excluding carboxylic acids is 1. The second-order valence-electron chi connectivity index (χ2n) is 7.32. The topological polar surface area (TPSA) is 67.6 Å². The van der Waals surface area contributed by atoms with Gasteiger partial charge in [0, 0.05) is 43.5 Å². The number of carbonyl (C=O) groups is 1. The first-order valence-corrected chi connectivity index (χ1v) is 9.24. The number of ether oxygens (including phenoxy) is 1. The Morgan fingerprint density at radius 2 is 1.89 bits per heavy atom. The fourth-order valence-electron chi connectivity index (χ4n) is 4.25. The van der Waals surface area contributed by atoms with E-state index in [2.05, 4.69) is 22.5 Å². The Hall–Kier alpha value is -2.67. The molecule has 0 aliphatic carbocycles. The van der Waals surface area contributed by atoms with E-state index in [0.29, 0.717) is 30.7 Å². The summed E-state index contributed by atoms with van der Waals surface area (Å²) in [5.74, 6) is 1.01. The fourth-order valence-corrected chi connectivity index (χ4v) is 4.25. The highest BCUT2D eigenvalue weighted by molar-refractivity contribution is 5.74. The van der Waals surface area contributed by atoms with E-state index in [9.17, 15) is 9.18 Å². The molecule has 2 amide bonds. The Morgan fingerprint density at radius 1 is 1.19 bits per heavy atom. The first-order valence-electron chi connectivity index (χ1n) is 9.24. The van der Waals surface area contributed by atoms with Gasteiger partial charge < -0.3 is 19.4 Å². The quantitative estimate of drug-likeness (QED) is 0.842. The molecule has 2 saturated heterocycles. The molecule has 2 fully saturated rings. The molecule has 0 saturated carbocycles. The minimum absolute atomic E-state index is 0.0361. The number of nitrogens with one attached hydrogen (secondary N) is 1. The van der Waals surface area contributed by atoms with Crippen LogP contribution in [-0.4, -0.2) is 47.8 Å². The van der Waals surface area contributed by atoms with Gasteiger partial charge in [0.05, 0.1) is 17.9 Å². The zero-order valence-corrected chi connectivity index (χ0v) is 14.7. The average Bonchev–Trinajstić information content (AvgIpc) is 3.43. The van der Waals surface area contributed by atoms with E-state index >= 15 is 0 Å². The Morgan fingerprint density at radius 3 is 2.59 bits per heavy atom. The van der Waals surface area contributed by atoms with Gasteiger partial charge in [0.25, 0.3) is 0 Å². The standard InChI is InChI=1S/C20H20FN3O3/c21-13-3-1-12(2-4-13)19-23-14(11-26-19)7-8-22-20(25)24-9-15-16(10-24)18-6-5-17(15)27-18/h1-6,11,15-18H,7-10H2,(H,22,25). The van der Waals surface area contributed by atoms with Crippen LogP contribution in [0.4, 0.5) is 9.18 Å². The van der Waals surface area contributed by atoms with Gasteiger partial charge in [-0.05, 0) is 24.3 Å². The van der Waals surface area contributed by atoms with Crippen LogP contribution in [0.25, 0.3) is 11.5 Å². The third-order valence-electron chi connectivity index (χ3n) is 5.65. The molecule has 1 aromatic carbocycles. The van der Waals surface area contributed by atoms with Crippen LogP contribution < -0.4 is 5.32 Å². The van der Waals surface area contributed by atoms with Crippen molar-refractivity contribution in [3.05, 3.63) is 54.2 Å². The van der Waals surface area contributed by atoms with E-state index in [4.69, 9.17) is 9.15 Å². The summed E-state index contributed by atoms with van der Waals surface area (Å²) in [6.45, 7) is 1.99. The van der Waals surface area contributed by atoms with Crippen LogP contribution in [0.15, 0.2) is 47.1 Å². The van der Waals surface area contributed by atoms with Crippen LogP contribution in [0.3, 0.4) is 0 Å². The first kappa shape index (κ1) is 16.5. The van der Waals surface area contributed by atoms with Gasteiger partial charge in [0.2, 0.25) is 5.89 Å². The molecule has 1 aromatic heterocycles. The van der Waals surface area contributed by atoms with Crippen LogP contribution in [0.5, 0.6) is 0 Å². The Labute approximate surface area is 156 Å². The van der Waals surface area contributed by atoms with Crippen LogP contribution in [-0.2, 0) is 11.2 Å². The maximum Gasteiger partial charge on any atom is 0.317 e. The van der Waals surface area contributed by atoms with Crippen molar-refractivity contribution >= 4 is 6.03 Å². The van der Waals surface area contributed by atoms with Gasteiger partial charge in [-0.3, -0.25) is 0 Å². The molecule has 3 aliphatic rings. The summed E-state index contributed by atoms with van der Waals surface area (Å²) in [5.41, 5.74) is 1.48. The minimum atomic E-state index is -0.297. The van der Waals surface area contributed by atoms with Gasteiger partial charge in [-0.25, -0.2) is 14.2 Å². The van der Waals surface area contributed by atoms with Gasteiger partial charge >= 0.3 is 6.03 Å². The highest BCUT2D eigenvalue weighted by Gasteiger charge is 2.51. The fraction of sp³-hybridized carbons (Fsp3) is 0.400. The van der Waals surface area contributed by atoms with Crippen LogP contribution >= 0.6 is 0 Å². The zero-order chi connectivity index (χ0) is 18.4. The van der Waals surface area contributed by atoms with Gasteiger partial charge in [-0.15, -0.1) is 0 Å². The summed E-state index contributed by atoms with van der Waals surface area (Å²) in [7, 11) is 0. The Balaban J connectivity index is 1.12. The second kappa shape index (κ2) is 6.49. The van der Waals surface area contributed by atoms with Crippen molar-refractivity contribution in [1.29, 1.82) is 0 Å². The highest BCUT2D eigenvalue weighted by atomic mass is 19.1. The molecule has 7 heteroatoms. The lowest BCUT2D eigenvalue weighted by molar-refractivity contribution is 0.0883. The molecule has 27 heavy (non-hydrogen) atoms. The van der Waals surface area contributed by atoms with Crippen molar-refractivity contribution in [2.75, 3.05) is 19.6 Å². The van der Waals surface area contributed by atoms with Gasteiger partial charge in [-0.2, -0.15) is 0 Å². The van der Waals surface area contributed by atoms with E-state index in [0.717, 1.165) is 24.3 Å². The van der Waals surface area contributed by atoms with Crippen molar-refractivity contribution in [3.8, 4) is 11.5 Å². The van der Waals surface area contributed by atoms with E-state index in [-0.39, 0.29) is 24.1 Å². The maximum atomic E-state index is 13.0. The third kappa shape index (κ3) is 3.02. The summed E-state index contributed by atoms with van der Waals surface area (Å²) in [6, 6.07) is 5.96. The largest absolute Gasteiger partial charge is 0.444 e. The zero-order valence-electron chi connectivity index (χ0n) is 14.7. The van der Waals surface area contributed by atoms with E-state index in [1.807, 2.05) is 4.90 Å². The summed E-state index contributed by atoms with van der Waals surface area (Å²) in [6.07, 6.45) is 6.75. The predicted molar refractivity (Wildman–Crippen MR) is 95.4 cm³/mol. The number of aromatic nitrogens is 1.